The molecule has 1 atom stereocenters. The molecule has 0 spiro atoms. The van der Waals surface area contributed by atoms with E-state index in [9.17, 15) is 9.59 Å². The van der Waals surface area contributed by atoms with Gasteiger partial charge in [-0.2, -0.15) is 0 Å². The molecule has 0 saturated carbocycles. The fourth-order valence-corrected chi connectivity index (χ4v) is 3.62. The highest BCUT2D eigenvalue weighted by Gasteiger charge is 2.53. The first kappa shape index (κ1) is 22.0. The van der Waals surface area contributed by atoms with Gasteiger partial charge in [0.05, 0.1) is 13.7 Å². The molecular weight excluding hydrogens is 338 g/mol. The highest BCUT2D eigenvalue weighted by Crippen LogP contribution is 2.39. The Morgan fingerprint density at radius 3 is 2.12 bits per heavy atom. The lowest BCUT2D eigenvalue weighted by atomic mass is 9.98. The van der Waals surface area contributed by atoms with Crippen LogP contribution in [0.15, 0.2) is 0 Å². The van der Waals surface area contributed by atoms with Crippen molar-refractivity contribution in [1.29, 1.82) is 0 Å². The molecule has 0 aromatic rings. The number of ether oxygens (including phenoxy) is 2. The fraction of sp³-hybridized carbons (Fsp3) is 0.889. The Bertz CT molecular complexity index is 507. The first-order chi connectivity index (χ1) is 11.2. The summed E-state index contributed by atoms with van der Waals surface area (Å²) in [5.41, 5.74) is -1.73. The van der Waals surface area contributed by atoms with E-state index in [2.05, 4.69) is 33.9 Å². The van der Waals surface area contributed by atoms with Crippen molar-refractivity contribution in [2.75, 3.05) is 20.3 Å². The van der Waals surface area contributed by atoms with E-state index in [1.807, 2.05) is 20.8 Å². The molecule has 1 heterocycles. The Hall–Kier alpha value is -1.08. The number of rotatable bonds is 4. The molecular formula is C18H35NO5Si. The van der Waals surface area contributed by atoms with Gasteiger partial charge in [-0.15, -0.1) is 0 Å². The maximum atomic E-state index is 12.7. The molecule has 1 aliphatic heterocycles. The van der Waals surface area contributed by atoms with Crippen LogP contribution in [0.1, 0.15) is 54.4 Å². The van der Waals surface area contributed by atoms with Crippen LogP contribution in [-0.4, -0.2) is 56.7 Å². The van der Waals surface area contributed by atoms with Crippen LogP contribution >= 0.6 is 0 Å². The van der Waals surface area contributed by atoms with Crippen LogP contribution in [-0.2, 0) is 18.7 Å². The monoisotopic (exact) mass is 373 g/mol. The summed E-state index contributed by atoms with van der Waals surface area (Å²) in [7, 11) is -0.727. The van der Waals surface area contributed by atoms with Crippen molar-refractivity contribution in [3.05, 3.63) is 0 Å². The Morgan fingerprint density at radius 2 is 1.68 bits per heavy atom. The average Bonchev–Trinajstić information content (AvgIpc) is 2.86. The molecule has 0 aromatic carbocycles. The van der Waals surface area contributed by atoms with E-state index in [1.54, 1.807) is 0 Å². The quantitative estimate of drug-likeness (QED) is 0.551. The molecule has 0 aromatic heterocycles. The topological polar surface area (TPSA) is 65.1 Å². The van der Waals surface area contributed by atoms with Gasteiger partial charge in [0.25, 0.3) is 0 Å². The molecule has 0 radical (unpaired) electrons. The van der Waals surface area contributed by atoms with Gasteiger partial charge in [-0.05, 0) is 51.7 Å². The minimum atomic E-state index is -2.08. The van der Waals surface area contributed by atoms with Gasteiger partial charge in [0.2, 0.25) is 0 Å². The van der Waals surface area contributed by atoms with E-state index < -0.39 is 31.5 Å². The number of hydrogen-bond acceptors (Lipinski definition) is 5. The number of carbonyl (C=O) groups is 2. The molecule has 1 rings (SSSR count). The zero-order valence-electron chi connectivity index (χ0n) is 17.3. The molecule has 25 heavy (non-hydrogen) atoms. The van der Waals surface area contributed by atoms with Crippen molar-refractivity contribution in [3.63, 3.8) is 0 Å². The molecule has 0 N–H and O–H groups in total. The lowest BCUT2D eigenvalue weighted by Crippen LogP contribution is -2.59. The van der Waals surface area contributed by atoms with E-state index in [0.717, 1.165) is 6.42 Å². The van der Waals surface area contributed by atoms with Gasteiger partial charge in [0.1, 0.15) is 5.60 Å². The van der Waals surface area contributed by atoms with Crippen LogP contribution in [0.3, 0.4) is 0 Å². The van der Waals surface area contributed by atoms with Crippen molar-refractivity contribution in [2.45, 2.75) is 83.7 Å². The summed E-state index contributed by atoms with van der Waals surface area (Å²) in [6, 6.07) is 0. The Kier molecular flexibility index (Phi) is 6.38. The highest BCUT2D eigenvalue weighted by atomic mass is 28.4. The third-order valence-corrected chi connectivity index (χ3v) is 9.62. The van der Waals surface area contributed by atoms with Crippen LogP contribution in [0, 0.1) is 0 Å². The fourth-order valence-electron chi connectivity index (χ4n) is 2.59. The third kappa shape index (κ3) is 4.97. The van der Waals surface area contributed by atoms with Crippen molar-refractivity contribution >= 4 is 20.4 Å². The molecule has 1 fully saturated rings. The molecule has 0 aliphatic carbocycles. The predicted molar refractivity (Wildman–Crippen MR) is 100 cm³/mol. The van der Waals surface area contributed by atoms with Crippen LogP contribution in [0.4, 0.5) is 4.79 Å². The summed E-state index contributed by atoms with van der Waals surface area (Å²) in [5, 5.41) is 0.0136. The number of carbonyl (C=O) groups excluding carboxylic acids is 2. The Balaban J connectivity index is 3.10. The lowest BCUT2D eigenvalue weighted by Gasteiger charge is -2.41. The van der Waals surface area contributed by atoms with Gasteiger partial charge >= 0.3 is 12.1 Å². The second kappa shape index (κ2) is 7.27. The molecule has 1 saturated heterocycles. The normalized spacial score (nSPS) is 22.0. The second-order valence-corrected chi connectivity index (χ2v) is 14.1. The predicted octanol–water partition coefficient (Wildman–Crippen LogP) is 3.95. The van der Waals surface area contributed by atoms with Crippen LogP contribution in [0.5, 0.6) is 0 Å². The van der Waals surface area contributed by atoms with Gasteiger partial charge in [0, 0.05) is 6.54 Å². The number of methoxy groups -OCH3 is 1. The Labute approximate surface area is 153 Å². The summed E-state index contributed by atoms with van der Waals surface area (Å²) < 4.78 is 16.9. The largest absolute Gasteiger partial charge is 0.467 e. The first-order valence-corrected chi connectivity index (χ1v) is 11.8. The second-order valence-electron chi connectivity index (χ2n) is 9.31. The summed E-state index contributed by atoms with van der Waals surface area (Å²) in [4.78, 5) is 26.8. The van der Waals surface area contributed by atoms with Crippen molar-refractivity contribution in [3.8, 4) is 0 Å². The van der Waals surface area contributed by atoms with Crippen LogP contribution < -0.4 is 0 Å². The number of esters is 1. The summed E-state index contributed by atoms with van der Waals surface area (Å²) in [6.07, 6.45) is 0.747. The number of nitrogens with zero attached hydrogens (tertiary/aromatic N) is 1. The maximum Gasteiger partial charge on any atom is 0.411 e. The van der Waals surface area contributed by atoms with Gasteiger partial charge in [-0.25, -0.2) is 9.59 Å². The maximum absolute atomic E-state index is 12.7. The molecule has 1 amide bonds. The zero-order chi connectivity index (χ0) is 19.7. The molecule has 6 nitrogen and oxygen atoms in total. The van der Waals surface area contributed by atoms with E-state index in [-0.39, 0.29) is 11.6 Å². The smallest absolute Gasteiger partial charge is 0.411 e. The highest BCUT2D eigenvalue weighted by molar-refractivity contribution is 6.74. The minimum absolute atomic E-state index is 0.0136. The SMILES string of the molecule is COC(=O)[C@]1(CO[Si](C)(C)C(C)(C)C)CCCN1C(=O)OC(C)(C)C. The first-order valence-electron chi connectivity index (χ1n) is 8.89. The number of hydrogen-bond donors (Lipinski definition) is 0. The Morgan fingerprint density at radius 1 is 1.12 bits per heavy atom. The van der Waals surface area contributed by atoms with E-state index in [4.69, 9.17) is 13.9 Å². The van der Waals surface area contributed by atoms with E-state index in [1.165, 1.54) is 12.0 Å². The number of amides is 1. The van der Waals surface area contributed by atoms with Crippen LogP contribution in [0.2, 0.25) is 18.1 Å². The summed E-state index contributed by atoms with van der Waals surface area (Å²) in [5.74, 6) is -0.436. The summed E-state index contributed by atoms with van der Waals surface area (Å²) >= 11 is 0. The summed E-state index contributed by atoms with van der Waals surface area (Å²) in [6.45, 7) is 16.7. The average molecular weight is 374 g/mol. The molecule has 1 aliphatic rings. The van der Waals surface area contributed by atoms with Crippen molar-refractivity contribution in [2.24, 2.45) is 0 Å². The van der Waals surface area contributed by atoms with Crippen LogP contribution in [0.25, 0.3) is 0 Å². The molecule has 7 heteroatoms. The van der Waals surface area contributed by atoms with Crippen molar-refractivity contribution < 1.29 is 23.5 Å². The van der Waals surface area contributed by atoms with Gasteiger partial charge in [-0.3, -0.25) is 4.90 Å². The molecule has 0 bridgehead atoms. The number of likely N-dealkylation sites (tertiary alicyclic amines) is 1. The van der Waals surface area contributed by atoms with E-state index in [0.29, 0.717) is 13.0 Å². The lowest BCUT2D eigenvalue weighted by molar-refractivity contribution is -0.155. The van der Waals surface area contributed by atoms with Gasteiger partial charge in [0.15, 0.2) is 13.9 Å². The minimum Gasteiger partial charge on any atom is -0.467 e. The van der Waals surface area contributed by atoms with Gasteiger partial charge in [-0.1, -0.05) is 20.8 Å². The third-order valence-electron chi connectivity index (χ3n) is 5.15. The van der Waals surface area contributed by atoms with E-state index >= 15 is 0 Å². The standard InChI is InChI=1S/C18H35NO5Si/c1-16(2,3)24-15(21)19-12-10-11-18(19,14(20)22-7)13-23-25(8,9)17(4,5)6/h10-13H2,1-9H3/t18-/m1/s1. The zero-order valence-corrected chi connectivity index (χ0v) is 18.3. The molecule has 146 valence electrons. The van der Waals surface area contributed by atoms with Gasteiger partial charge < -0.3 is 13.9 Å². The van der Waals surface area contributed by atoms with Crippen molar-refractivity contribution in [1.82, 2.24) is 4.90 Å². The molecule has 0 unspecified atom stereocenters.